The van der Waals surface area contributed by atoms with Crippen molar-refractivity contribution in [3.63, 3.8) is 0 Å². The molecule has 2 atom stereocenters. The fourth-order valence-corrected chi connectivity index (χ4v) is 2.68. The van der Waals surface area contributed by atoms with Gasteiger partial charge in [0.25, 0.3) is 0 Å². The lowest BCUT2D eigenvalue weighted by Crippen LogP contribution is -2.43. The van der Waals surface area contributed by atoms with E-state index in [9.17, 15) is 14.7 Å². The van der Waals surface area contributed by atoms with Crippen molar-refractivity contribution >= 4 is 12.2 Å². The van der Waals surface area contributed by atoms with Gasteiger partial charge in [-0.3, -0.25) is 4.90 Å². The zero-order valence-electron chi connectivity index (χ0n) is 13.1. The molecule has 2 N–H and O–H groups in total. The largest absolute Gasteiger partial charge is 0.465 e. The Hall–Kier alpha value is -2.24. The van der Waals surface area contributed by atoms with Gasteiger partial charge in [-0.05, 0) is 32.8 Å². The minimum Gasteiger partial charge on any atom is -0.465 e. The van der Waals surface area contributed by atoms with Gasteiger partial charge in [0.05, 0.1) is 12.1 Å². The van der Waals surface area contributed by atoms with Crippen molar-refractivity contribution in [2.24, 2.45) is 0 Å². The van der Waals surface area contributed by atoms with E-state index in [1.165, 1.54) is 4.90 Å². The number of hydrogen-bond donors (Lipinski definition) is 2. The Balaban J connectivity index is 2.16. The predicted molar refractivity (Wildman–Crippen MR) is 81.7 cm³/mol. The van der Waals surface area contributed by atoms with Gasteiger partial charge in [-0.25, -0.2) is 9.59 Å². The van der Waals surface area contributed by atoms with Gasteiger partial charge in [-0.2, -0.15) is 0 Å². The Labute approximate surface area is 130 Å². The first kappa shape index (κ1) is 16.1. The van der Waals surface area contributed by atoms with Gasteiger partial charge < -0.3 is 15.2 Å². The first-order valence-electron chi connectivity index (χ1n) is 7.32. The van der Waals surface area contributed by atoms with E-state index >= 15 is 0 Å². The summed E-state index contributed by atoms with van der Waals surface area (Å²) in [5.74, 6) is 0. The van der Waals surface area contributed by atoms with Crippen molar-refractivity contribution in [2.75, 3.05) is 6.54 Å². The van der Waals surface area contributed by atoms with Crippen LogP contribution < -0.4 is 5.32 Å². The topological polar surface area (TPSA) is 78.9 Å². The quantitative estimate of drug-likeness (QED) is 0.880. The molecule has 2 amide bonds. The van der Waals surface area contributed by atoms with E-state index in [2.05, 4.69) is 5.32 Å². The molecule has 0 spiro atoms. The molecule has 0 saturated carbocycles. The SMILES string of the molecule is CC(C)(C)OC(=O)NC1CCN(C(=O)O)C1c1ccccc1. The third-order valence-electron chi connectivity index (χ3n) is 3.49. The lowest BCUT2D eigenvalue weighted by Gasteiger charge is -2.28. The van der Waals surface area contributed by atoms with Gasteiger partial charge >= 0.3 is 12.2 Å². The molecule has 1 aliphatic rings. The molecule has 1 aliphatic heterocycles. The fourth-order valence-electron chi connectivity index (χ4n) is 2.68. The number of rotatable bonds is 2. The summed E-state index contributed by atoms with van der Waals surface area (Å²) in [6.07, 6.45) is -0.946. The van der Waals surface area contributed by atoms with E-state index in [-0.39, 0.29) is 6.04 Å². The number of alkyl carbamates (subject to hydrolysis) is 1. The molecule has 0 radical (unpaired) electrons. The summed E-state index contributed by atoms with van der Waals surface area (Å²) in [5, 5.41) is 12.2. The lowest BCUT2D eigenvalue weighted by molar-refractivity contribution is 0.0489. The molecule has 22 heavy (non-hydrogen) atoms. The highest BCUT2D eigenvalue weighted by atomic mass is 16.6. The minimum absolute atomic E-state index is 0.298. The van der Waals surface area contributed by atoms with E-state index in [1.807, 2.05) is 30.3 Å². The van der Waals surface area contributed by atoms with E-state index < -0.39 is 23.8 Å². The van der Waals surface area contributed by atoms with Gasteiger partial charge in [-0.1, -0.05) is 30.3 Å². The van der Waals surface area contributed by atoms with Gasteiger partial charge in [0.15, 0.2) is 0 Å². The molecule has 120 valence electrons. The maximum Gasteiger partial charge on any atom is 0.407 e. The first-order chi connectivity index (χ1) is 10.3. The molecule has 0 bridgehead atoms. The van der Waals surface area contributed by atoms with Crippen molar-refractivity contribution in [1.29, 1.82) is 0 Å². The standard InChI is InChI=1S/C16H22N2O4/c1-16(2,3)22-14(19)17-12-9-10-18(15(20)21)13(12)11-7-5-4-6-8-11/h4-8,12-13H,9-10H2,1-3H3,(H,17,19)(H,20,21). The molecule has 2 rings (SSSR count). The monoisotopic (exact) mass is 306 g/mol. The van der Waals surface area contributed by atoms with Crippen LogP contribution in [0.15, 0.2) is 30.3 Å². The minimum atomic E-state index is -0.984. The summed E-state index contributed by atoms with van der Waals surface area (Å²) < 4.78 is 5.26. The molecule has 6 heteroatoms. The van der Waals surface area contributed by atoms with Crippen LogP contribution in [-0.2, 0) is 4.74 Å². The molecule has 1 heterocycles. The van der Waals surface area contributed by atoms with Crippen LogP contribution >= 0.6 is 0 Å². The third-order valence-corrected chi connectivity index (χ3v) is 3.49. The Kier molecular flexibility index (Phi) is 4.59. The highest BCUT2D eigenvalue weighted by Crippen LogP contribution is 2.32. The maximum absolute atomic E-state index is 12.0. The molecule has 0 aliphatic carbocycles. The number of carboxylic acid groups (broad SMARTS) is 1. The van der Waals surface area contributed by atoms with Gasteiger partial charge in [-0.15, -0.1) is 0 Å². The Morgan fingerprint density at radius 1 is 1.27 bits per heavy atom. The summed E-state index contributed by atoms with van der Waals surface area (Å²) in [4.78, 5) is 24.8. The number of benzene rings is 1. The Bertz CT molecular complexity index is 539. The van der Waals surface area contributed by atoms with Crippen molar-refractivity contribution in [3.05, 3.63) is 35.9 Å². The second kappa shape index (κ2) is 6.25. The number of hydrogen-bond acceptors (Lipinski definition) is 3. The molecule has 1 fully saturated rings. The van der Waals surface area contributed by atoms with Crippen LogP contribution in [0, 0.1) is 0 Å². The van der Waals surface area contributed by atoms with E-state index in [0.29, 0.717) is 13.0 Å². The van der Waals surface area contributed by atoms with Crippen LogP contribution in [0.1, 0.15) is 38.8 Å². The van der Waals surface area contributed by atoms with Crippen LogP contribution in [-0.4, -0.2) is 40.4 Å². The van der Waals surface area contributed by atoms with Gasteiger partial charge in [0.2, 0.25) is 0 Å². The number of carbonyl (C=O) groups is 2. The van der Waals surface area contributed by atoms with Crippen molar-refractivity contribution in [2.45, 2.75) is 44.9 Å². The number of nitrogens with zero attached hydrogens (tertiary/aromatic N) is 1. The van der Waals surface area contributed by atoms with E-state index in [0.717, 1.165) is 5.56 Å². The van der Waals surface area contributed by atoms with Crippen molar-refractivity contribution < 1.29 is 19.4 Å². The smallest absolute Gasteiger partial charge is 0.407 e. The van der Waals surface area contributed by atoms with Crippen LogP contribution in [0.3, 0.4) is 0 Å². The number of nitrogens with one attached hydrogen (secondary N) is 1. The average molecular weight is 306 g/mol. The lowest BCUT2D eigenvalue weighted by atomic mass is 10.0. The molecule has 0 aromatic heterocycles. The number of ether oxygens (including phenoxy) is 1. The summed E-state index contributed by atoms with van der Waals surface area (Å²) in [6.45, 7) is 5.76. The van der Waals surface area contributed by atoms with Crippen molar-refractivity contribution in [3.8, 4) is 0 Å². The van der Waals surface area contributed by atoms with Crippen LogP contribution in [0.2, 0.25) is 0 Å². The molecular weight excluding hydrogens is 284 g/mol. The van der Waals surface area contributed by atoms with E-state index in [4.69, 9.17) is 4.74 Å². The second-order valence-corrected chi connectivity index (χ2v) is 6.37. The molecule has 1 aromatic rings. The number of carbonyl (C=O) groups excluding carboxylic acids is 1. The third kappa shape index (κ3) is 3.90. The summed E-state index contributed by atoms with van der Waals surface area (Å²) in [6, 6.07) is 8.64. The zero-order valence-corrected chi connectivity index (χ0v) is 13.1. The van der Waals surface area contributed by atoms with Gasteiger partial charge in [0, 0.05) is 6.54 Å². The average Bonchev–Trinajstić information content (AvgIpc) is 2.81. The normalized spacial score (nSPS) is 21.5. The summed E-state index contributed by atoms with van der Waals surface area (Å²) in [7, 11) is 0. The summed E-state index contributed by atoms with van der Waals surface area (Å²) in [5.41, 5.74) is 0.278. The second-order valence-electron chi connectivity index (χ2n) is 6.37. The Morgan fingerprint density at radius 2 is 1.91 bits per heavy atom. The molecular formula is C16H22N2O4. The fraction of sp³-hybridized carbons (Fsp3) is 0.500. The van der Waals surface area contributed by atoms with Crippen molar-refractivity contribution in [1.82, 2.24) is 10.2 Å². The maximum atomic E-state index is 12.0. The van der Waals surface area contributed by atoms with Crippen LogP contribution in [0.5, 0.6) is 0 Å². The summed E-state index contributed by atoms with van der Waals surface area (Å²) >= 11 is 0. The van der Waals surface area contributed by atoms with Crippen LogP contribution in [0.4, 0.5) is 9.59 Å². The van der Waals surface area contributed by atoms with Crippen LogP contribution in [0.25, 0.3) is 0 Å². The Morgan fingerprint density at radius 3 is 2.45 bits per heavy atom. The number of likely N-dealkylation sites (tertiary alicyclic amines) is 1. The first-order valence-corrected chi connectivity index (χ1v) is 7.32. The molecule has 6 nitrogen and oxygen atoms in total. The van der Waals surface area contributed by atoms with Gasteiger partial charge in [0.1, 0.15) is 5.60 Å². The van der Waals surface area contributed by atoms with E-state index in [1.54, 1.807) is 20.8 Å². The highest BCUT2D eigenvalue weighted by molar-refractivity contribution is 5.70. The zero-order chi connectivity index (χ0) is 16.3. The molecule has 2 unspecified atom stereocenters. The number of amides is 2. The highest BCUT2D eigenvalue weighted by Gasteiger charge is 2.39. The molecule has 1 aromatic carbocycles. The predicted octanol–water partition coefficient (Wildman–Crippen LogP) is 3.00. The molecule has 1 saturated heterocycles.